The van der Waals surface area contributed by atoms with Crippen LogP contribution in [-0.4, -0.2) is 34.8 Å². The fourth-order valence-electron chi connectivity index (χ4n) is 2.23. The highest BCUT2D eigenvalue weighted by Gasteiger charge is 2.25. The average Bonchev–Trinajstić information content (AvgIpc) is 2.42. The minimum atomic E-state index is -3.57. The molecule has 1 saturated heterocycles. The minimum absolute atomic E-state index is 0.0694. The van der Waals surface area contributed by atoms with E-state index in [1.165, 1.54) is 7.11 Å². The lowest BCUT2D eigenvalue weighted by atomic mass is 10.1. The van der Waals surface area contributed by atoms with Crippen LogP contribution in [0.25, 0.3) is 0 Å². The summed E-state index contributed by atoms with van der Waals surface area (Å²) in [4.78, 5) is 0.203. The highest BCUT2D eigenvalue weighted by molar-refractivity contribution is 7.89. The standard InChI is InChI=1S/C14H21NO4S/c1-10-8-13(18-3)14(9-11(10)2)20(16,17)15-12-4-6-19-7-5-12/h8-9,12,15H,4-7H2,1-3H3. The van der Waals surface area contributed by atoms with Crippen LogP contribution in [0.15, 0.2) is 17.0 Å². The zero-order valence-electron chi connectivity index (χ0n) is 12.1. The minimum Gasteiger partial charge on any atom is -0.495 e. The van der Waals surface area contributed by atoms with Crippen LogP contribution in [0, 0.1) is 13.8 Å². The van der Waals surface area contributed by atoms with Gasteiger partial charge in [0.1, 0.15) is 10.6 Å². The van der Waals surface area contributed by atoms with Gasteiger partial charge in [-0.05, 0) is 49.9 Å². The number of methoxy groups -OCH3 is 1. The van der Waals surface area contributed by atoms with Crippen LogP contribution in [0.4, 0.5) is 0 Å². The van der Waals surface area contributed by atoms with Crippen LogP contribution in [-0.2, 0) is 14.8 Å². The molecule has 0 saturated carbocycles. The lowest BCUT2D eigenvalue weighted by Crippen LogP contribution is -2.39. The summed E-state index contributed by atoms with van der Waals surface area (Å²) >= 11 is 0. The van der Waals surface area contributed by atoms with Gasteiger partial charge in [-0.3, -0.25) is 0 Å². The summed E-state index contributed by atoms with van der Waals surface area (Å²) in [5.74, 6) is 0.382. The molecule has 0 amide bonds. The lowest BCUT2D eigenvalue weighted by molar-refractivity contribution is 0.0832. The van der Waals surface area contributed by atoms with Gasteiger partial charge < -0.3 is 9.47 Å². The van der Waals surface area contributed by atoms with E-state index in [2.05, 4.69) is 4.72 Å². The van der Waals surface area contributed by atoms with Gasteiger partial charge in [0.15, 0.2) is 0 Å². The van der Waals surface area contributed by atoms with Gasteiger partial charge in [-0.2, -0.15) is 0 Å². The Bertz CT molecular complexity index is 577. The number of nitrogens with one attached hydrogen (secondary N) is 1. The molecule has 1 heterocycles. The maximum atomic E-state index is 12.5. The van der Waals surface area contributed by atoms with Crippen molar-refractivity contribution in [3.05, 3.63) is 23.3 Å². The molecule has 1 aliphatic rings. The first-order valence-corrected chi connectivity index (χ1v) is 8.17. The van der Waals surface area contributed by atoms with Crippen molar-refractivity contribution in [3.63, 3.8) is 0 Å². The zero-order valence-corrected chi connectivity index (χ0v) is 12.9. The summed E-state index contributed by atoms with van der Waals surface area (Å²) in [6.07, 6.45) is 1.40. The van der Waals surface area contributed by atoms with Crippen molar-refractivity contribution in [2.75, 3.05) is 20.3 Å². The van der Waals surface area contributed by atoms with Crippen molar-refractivity contribution in [2.24, 2.45) is 0 Å². The van der Waals surface area contributed by atoms with E-state index in [0.29, 0.717) is 31.8 Å². The molecule has 1 aromatic carbocycles. The maximum absolute atomic E-state index is 12.5. The second-order valence-corrected chi connectivity index (χ2v) is 6.78. The van der Waals surface area contributed by atoms with E-state index in [9.17, 15) is 8.42 Å². The van der Waals surface area contributed by atoms with Gasteiger partial charge in [0.05, 0.1) is 7.11 Å². The molecule has 6 heteroatoms. The summed E-state index contributed by atoms with van der Waals surface area (Å²) in [5.41, 5.74) is 1.94. The first kappa shape index (κ1) is 15.3. The summed E-state index contributed by atoms with van der Waals surface area (Å²) in [7, 11) is -2.09. The third-order valence-electron chi connectivity index (χ3n) is 3.61. The third-order valence-corrected chi connectivity index (χ3v) is 5.15. The quantitative estimate of drug-likeness (QED) is 0.920. The molecule has 0 unspecified atom stereocenters. The molecule has 0 aliphatic carbocycles. The number of benzene rings is 1. The largest absolute Gasteiger partial charge is 0.495 e. The first-order chi connectivity index (χ1) is 9.44. The Hall–Kier alpha value is -1.11. The summed E-state index contributed by atoms with van der Waals surface area (Å²) in [6.45, 7) is 5.01. The van der Waals surface area contributed by atoms with Crippen LogP contribution >= 0.6 is 0 Å². The van der Waals surface area contributed by atoms with Gasteiger partial charge in [-0.1, -0.05) is 0 Å². The van der Waals surface area contributed by atoms with Gasteiger partial charge >= 0.3 is 0 Å². The molecule has 1 fully saturated rings. The topological polar surface area (TPSA) is 64.6 Å². The predicted molar refractivity (Wildman–Crippen MR) is 76.6 cm³/mol. The Morgan fingerprint density at radius 3 is 2.40 bits per heavy atom. The zero-order chi connectivity index (χ0) is 14.8. The number of hydrogen-bond acceptors (Lipinski definition) is 4. The van der Waals surface area contributed by atoms with Gasteiger partial charge in [0.2, 0.25) is 10.0 Å². The van der Waals surface area contributed by atoms with Gasteiger partial charge in [0.25, 0.3) is 0 Å². The average molecular weight is 299 g/mol. The van der Waals surface area contributed by atoms with Crippen LogP contribution in [0.1, 0.15) is 24.0 Å². The van der Waals surface area contributed by atoms with Crippen molar-refractivity contribution in [2.45, 2.75) is 37.6 Å². The number of rotatable bonds is 4. The van der Waals surface area contributed by atoms with Crippen LogP contribution in [0.5, 0.6) is 5.75 Å². The van der Waals surface area contributed by atoms with E-state index in [0.717, 1.165) is 11.1 Å². The maximum Gasteiger partial charge on any atom is 0.244 e. The monoisotopic (exact) mass is 299 g/mol. The normalized spacial score (nSPS) is 17.1. The SMILES string of the molecule is COc1cc(C)c(C)cc1S(=O)(=O)NC1CCOCC1. The van der Waals surface area contributed by atoms with Crippen LogP contribution < -0.4 is 9.46 Å². The van der Waals surface area contributed by atoms with E-state index in [1.807, 2.05) is 13.8 Å². The number of ether oxygens (including phenoxy) is 2. The summed E-state index contributed by atoms with van der Waals surface area (Å²) in [6, 6.07) is 3.35. The van der Waals surface area contributed by atoms with E-state index in [1.54, 1.807) is 12.1 Å². The molecule has 5 nitrogen and oxygen atoms in total. The van der Waals surface area contributed by atoms with Crippen molar-refractivity contribution in [1.82, 2.24) is 4.72 Å². The lowest BCUT2D eigenvalue weighted by Gasteiger charge is -2.23. The van der Waals surface area contributed by atoms with Crippen LogP contribution in [0.3, 0.4) is 0 Å². The Labute approximate surface area is 120 Å². The van der Waals surface area contributed by atoms with Gasteiger partial charge in [0, 0.05) is 19.3 Å². The molecule has 0 spiro atoms. The summed E-state index contributed by atoms with van der Waals surface area (Å²) < 4.78 is 38.2. The molecule has 0 bridgehead atoms. The number of aryl methyl sites for hydroxylation is 2. The summed E-state index contributed by atoms with van der Waals surface area (Å²) in [5, 5.41) is 0. The van der Waals surface area contributed by atoms with Gasteiger partial charge in [-0.25, -0.2) is 13.1 Å². The molecule has 112 valence electrons. The van der Waals surface area contributed by atoms with Crippen molar-refractivity contribution in [3.8, 4) is 5.75 Å². The smallest absolute Gasteiger partial charge is 0.244 e. The fourth-order valence-corrected chi connectivity index (χ4v) is 3.77. The molecule has 1 N–H and O–H groups in total. The van der Waals surface area contributed by atoms with Crippen LogP contribution in [0.2, 0.25) is 0 Å². The molecule has 0 aromatic heterocycles. The molecule has 2 rings (SSSR count). The third kappa shape index (κ3) is 3.31. The second kappa shape index (κ2) is 6.11. The molecule has 0 atom stereocenters. The number of sulfonamides is 1. The Morgan fingerprint density at radius 1 is 1.20 bits per heavy atom. The molecule has 20 heavy (non-hydrogen) atoms. The van der Waals surface area contributed by atoms with E-state index in [-0.39, 0.29) is 10.9 Å². The highest BCUT2D eigenvalue weighted by Crippen LogP contribution is 2.27. The molecule has 0 radical (unpaired) electrons. The van der Waals surface area contributed by atoms with E-state index < -0.39 is 10.0 Å². The van der Waals surface area contributed by atoms with E-state index in [4.69, 9.17) is 9.47 Å². The van der Waals surface area contributed by atoms with Crippen molar-refractivity contribution >= 4 is 10.0 Å². The number of hydrogen-bond donors (Lipinski definition) is 1. The molecule has 1 aromatic rings. The Morgan fingerprint density at radius 2 is 1.80 bits per heavy atom. The predicted octanol–water partition coefficient (Wildman–Crippen LogP) is 1.77. The van der Waals surface area contributed by atoms with Crippen molar-refractivity contribution < 1.29 is 17.9 Å². The molecular weight excluding hydrogens is 278 g/mol. The highest BCUT2D eigenvalue weighted by atomic mass is 32.2. The Balaban J connectivity index is 2.30. The molecular formula is C14H21NO4S. The fraction of sp³-hybridized carbons (Fsp3) is 0.571. The molecule has 1 aliphatic heterocycles. The van der Waals surface area contributed by atoms with Crippen molar-refractivity contribution in [1.29, 1.82) is 0 Å². The van der Waals surface area contributed by atoms with Gasteiger partial charge in [-0.15, -0.1) is 0 Å². The Kier molecular flexibility index (Phi) is 4.67. The van der Waals surface area contributed by atoms with E-state index >= 15 is 0 Å². The second-order valence-electron chi connectivity index (χ2n) is 5.10. The first-order valence-electron chi connectivity index (χ1n) is 6.69.